The van der Waals surface area contributed by atoms with Crippen molar-refractivity contribution >= 4 is 5.97 Å². The van der Waals surface area contributed by atoms with Gasteiger partial charge in [0.1, 0.15) is 11.4 Å². The van der Waals surface area contributed by atoms with Gasteiger partial charge in [-0.1, -0.05) is 57.9 Å². The maximum atomic E-state index is 12.2. The van der Waals surface area contributed by atoms with Gasteiger partial charge in [-0.05, 0) is 34.9 Å². The number of nitrogens with zero attached hydrogens (tertiary/aromatic N) is 1. The molecule has 1 aliphatic carbocycles. The second-order valence-electron chi connectivity index (χ2n) is 7.56. The summed E-state index contributed by atoms with van der Waals surface area (Å²) >= 11 is 0. The molecule has 1 aromatic heterocycles. The van der Waals surface area contributed by atoms with E-state index in [1.807, 2.05) is 36.4 Å². The Labute approximate surface area is 154 Å². The SMILES string of the molecule is CC1(C)C(C(=O)OCC#Cc2cccc(Oc3ccccc3)n2)C1(C)C. The lowest BCUT2D eigenvalue weighted by molar-refractivity contribution is -0.145. The molecule has 1 aromatic carbocycles. The van der Waals surface area contributed by atoms with Gasteiger partial charge in [0.05, 0.1) is 5.92 Å². The van der Waals surface area contributed by atoms with Crippen LogP contribution in [0.5, 0.6) is 11.6 Å². The number of pyridine rings is 1. The number of para-hydroxylation sites is 1. The third-order valence-corrected chi connectivity index (χ3v) is 5.45. The van der Waals surface area contributed by atoms with E-state index in [0.29, 0.717) is 17.3 Å². The molecule has 0 aliphatic heterocycles. The largest absolute Gasteiger partial charge is 0.452 e. The maximum Gasteiger partial charge on any atom is 0.311 e. The van der Waals surface area contributed by atoms with Crippen LogP contribution in [-0.4, -0.2) is 17.6 Å². The molecule has 1 saturated carbocycles. The van der Waals surface area contributed by atoms with Crippen molar-refractivity contribution in [1.82, 2.24) is 4.98 Å². The van der Waals surface area contributed by atoms with Crippen LogP contribution in [0.1, 0.15) is 33.4 Å². The summed E-state index contributed by atoms with van der Waals surface area (Å²) < 4.78 is 11.0. The molecule has 1 heterocycles. The minimum absolute atomic E-state index is 0.0256. The highest BCUT2D eigenvalue weighted by Gasteiger charge is 2.69. The Bertz CT molecular complexity index is 846. The summed E-state index contributed by atoms with van der Waals surface area (Å²) in [5.74, 6) is 6.70. The number of benzene rings is 1. The first-order valence-electron chi connectivity index (χ1n) is 8.68. The number of hydrogen-bond donors (Lipinski definition) is 0. The lowest BCUT2D eigenvalue weighted by Crippen LogP contribution is -2.11. The highest BCUT2D eigenvalue weighted by Crippen LogP contribution is 2.68. The third kappa shape index (κ3) is 3.57. The highest BCUT2D eigenvalue weighted by atomic mass is 16.5. The monoisotopic (exact) mass is 349 g/mol. The van der Waals surface area contributed by atoms with Gasteiger partial charge in [0.25, 0.3) is 0 Å². The van der Waals surface area contributed by atoms with Crippen molar-refractivity contribution in [3.05, 3.63) is 54.2 Å². The Morgan fingerprint density at radius 1 is 1.04 bits per heavy atom. The predicted molar refractivity (Wildman–Crippen MR) is 99.6 cm³/mol. The molecule has 2 aromatic rings. The fourth-order valence-corrected chi connectivity index (χ4v) is 3.25. The Morgan fingerprint density at radius 2 is 1.73 bits per heavy atom. The molecular formula is C22H23NO3. The molecule has 134 valence electrons. The molecule has 0 bridgehead atoms. The van der Waals surface area contributed by atoms with E-state index < -0.39 is 0 Å². The van der Waals surface area contributed by atoms with E-state index in [1.165, 1.54) is 0 Å². The quantitative estimate of drug-likeness (QED) is 0.604. The van der Waals surface area contributed by atoms with Gasteiger partial charge in [-0.15, -0.1) is 0 Å². The first kappa shape index (κ1) is 18.0. The van der Waals surface area contributed by atoms with Gasteiger partial charge in [-0.3, -0.25) is 4.79 Å². The van der Waals surface area contributed by atoms with Crippen molar-refractivity contribution in [3.63, 3.8) is 0 Å². The van der Waals surface area contributed by atoms with Gasteiger partial charge in [0.2, 0.25) is 5.88 Å². The number of rotatable bonds is 4. The van der Waals surface area contributed by atoms with E-state index in [-0.39, 0.29) is 29.3 Å². The minimum Gasteiger partial charge on any atom is -0.452 e. The Hall–Kier alpha value is -2.80. The van der Waals surface area contributed by atoms with E-state index in [9.17, 15) is 4.79 Å². The van der Waals surface area contributed by atoms with E-state index in [1.54, 1.807) is 12.1 Å². The summed E-state index contributed by atoms with van der Waals surface area (Å²) in [6.07, 6.45) is 0. The average Bonchev–Trinajstić information content (AvgIpc) is 3.02. The number of esters is 1. The molecule has 4 heteroatoms. The van der Waals surface area contributed by atoms with Crippen LogP contribution in [0.3, 0.4) is 0 Å². The fraction of sp³-hybridized carbons (Fsp3) is 0.364. The lowest BCUT2D eigenvalue weighted by Gasteiger charge is -2.04. The summed E-state index contributed by atoms with van der Waals surface area (Å²) in [5.41, 5.74) is 0.520. The molecule has 1 fully saturated rings. The Morgan fingerprint density at radius 3 is 2.38 bits per heavy atom. The summed E-state index contributed by atoms with van der Waals surface area (Å²) in [7, 11) is 0. The fourth-order valence-electron chi connectivity index (χ4n) is 3.25. The van der Waals surface area contributed by atoms with Crippen molar-refractivity contribution in [2.45, 2.75) is 27.7 Å². The van der Waals surface area contributed by atoms with Crippen molar-refractivity contribution in [2.24, 2.45) is 16.7 Å². The van der Waals surface area contributed by atoms with E-state index in [2.05, 4.69) is 44.5 Å². The van der Waals surface area contributed by atoms with Gasteiger partial charge in [0, 0.05) is 6.07 Å². The van der Waals surface area contributed by atoms with E-state index >= 15 is 0 Å². The zero-order chi connectivity index (χ0) is 18.8. The van der Waals surface area contributed by atoms with Gasteiger partial charge in [0.15, 0.2) is 6.61 Å². The lowest BCUT2D eigenvalue weighted by atomic mass is 10.0. The van der Waals surface area contributed by atoms with Crippen LogP contribution < -0.4 is 4.74 Å². The Kier molecular flexibility index (Phi) is 4.73. The zero-order valence-electron chi connectivity index (χ0n) is 15.6. The first-order chi connectivity index (χ1) is 12.3. The molecular weight excluding hydrogens is 326 g/mol. The van der Waals surface area contributed by atoms with Gasteiger partial charge in [-0.25, -0.2) is 4.98 Å². The molecule has 0 spiro atoms. The topological polar surface area (TPSA) is 48.4 Å². The van der Waals surface area contributed by atoms with Gasteiger partial charge < -0.3 is 9.47 Å². The number of ether oxygens (including phenoxy) is 2. The summed E-state index contributed by atoms with van der Waals surface area (Å²) in [6, 6.07) is 14.8. The number of hydrogen-bond acceptors (Lipinski definition) is 4. The van der Waals surface area contributed by atoms with Crippen LogP contribution in [0, 0.1) is 28.6 Å². The number of carbonyl (C=O) groups excluding carboxylic acids is 1. The highest BCUT2D eigenvalue weighted by molar-refractivity contribution is 5.78. The molecule has 0 radical (unpaired) electrons. The summed E-state index contributed by atoms with van der Waals surface area (Å²) in [6.45, 7) is 8.42. The predicted octanol–water partition coefficient (Wildman–Crippen LogP) is 4.45. The minimum atomic E-state index is -0.177. The summed E-state index contributed by atoms with van der Waals surface area (Å²) in [5, 5.41) is 0. The second-order valence-corrected chi connectivity index (χ2v) is 7.56. The smallest absolute Gasteiger partial charge is 0.311 e. The second kappa shape index (κ2) is 6.84. The number of aromatic nitrogens is 1. The molecule has 26 heavy (non-hydrogen) atoms. The van der Waals surface area contributed by atoms with Crippen molar-refractivity contribution in [3.8, 4) is 23.5 Å². The van der Waals surface area contributed by atoms with Gasteiger partial charge >= 0.3 is 5.97 Å². The molecule has 4 nitrogen and oxygen atoms in total. The van der Waals surface area contributed by atoms with Crippen molar-refractivity contribution in [1.29, 1.82) is 0 Å². The normalized spacial score (nSPS) is 16.9. The number of carbonyl (C=O) groups is 1. The van der Waals surface area contributed by atoms with Crippen LogP contribution in [0.2, 0.25) is 0 Å². The first-order valence-corrected chi connectivity index (χ1v) is 8.68. The van der Waals surface area contributed by atoms with Crippen LogP contribution in [0.15, 0.2) is 48.5 Å². The summed E-state index contributed by atoms with van der Waals surface area (Å²) in [4.78, 5) is 16.5. The van der Waals surface area contributed by atoms with Gasteiger partial charge in [-0.2, -0.15) is 0 Å². The van der Waals surface area contributed by atoms with Crippen molar-refractivity contribution < 1.29 is 14.3 Å². The molecule has 3 rings (SSSR count). The Balaban J connectivity index is 1.56. The van der Waals surface area contributed by atoms with Crippen molar-refractivity contribution in [2.75, 3.05) is 6.61 Å². The molecule has 0 amide bonds. The van der Waals surface area contributed by atoms with E-state index in [0.717, 1.165) is 0 Å². The van der Waals surface area contributed by atoms with Crippen LogP contribution >= 0.6 is 0 Å². The standard InChI is InChI=1S/C22H23NO3/c1-21(2)19(22(21,3)4)20(24)25-15-9-11-16-10-8-14-18(23-16)26-17-12-6-5-7-13-17/h5-8,10,12-14,19H,15H2,1-4H3. The molecule has 0 saturated heterocycles. The zero-order valence-corrected chi connectivity index (χ0v) is 15.6. The molecule has 0 N–H and O–H groups in total. The van der Waals surface area contributed by atoms with Crippen LogP contribution in [-0.2, 0) is 9.53 Å². The van der Waals surface area contributed by atoms with Crippen LogP contribution in [0.25, 0.3) is 0 Å². The third-order valence-electron chi connectivity index (χ3n) is 5.45. The molecule has 1 aliphatic rings. The maximum absolute atomic E-state index is 12.2. The average molecular weight is 349 g/mol. The molecule has 0 unspecified atom stereocenters. The van der Waals surface area contributed by atoms with Crippen LogP contribution in [0.4, 0.5) is 0 Å². The van der Waals surface area contributed by atoms with E-state index in [4.69, 9.17) is 9.47 Å². The molecule has 0 atom stereocenters.